The second-order valence-corrected chi connectivity index (χ2v) is 5.96. The lowest BCUT2D eigenvalue weighted by atomic mass is 10.1. The van der Waals surface area contributed by atoms with Crippen LogP contribution in [0.3, 0.4) is 0 Å². The van der Waals surface area contributed by atoms with Gasteiger partial charge in [-0.1, -0.05) is 48.3 Å². The Balaban J connectivity index is 2.21. The van der Waals surface area contributed by atoms with E-state index in [2.05, 4.69) is 11.9 Å². The summed E-state index contributed by atoms with van der Waals surface area (Å²) in [5.41, 5.74) is 1.98. The first kappa shape index (κ1) is 13.1. The highest BCUT2D eigenvalue weighted by atomic mass is 32.2. The van der Waals surface area contributed by atoms with Crippen LogP contribution in [0.5, 0.6) is 0 Å². The summed E-state index contributed by atoms with van der Waals surface area (Å²) < 4.78 is 0.380. The Morgan fingerprint density at radius 2 is 2.10 bits per heavy atom. The van der Waals surface area contributed by atoms with Gasteiger partial charge in [0.25, 0.3) is 11.8 Å². The summed E-state index contributed by atoms with van der Waals surface area (Å²) in [7, 11) is 0. The maximum Gasteiger partial charge on any atom is 0.264 e. The molecule has 3 rings (SSSR count). The molecule has 0 unspecified atom stereocenters. The maximum atomic E-state index is 12.6. The van der Waals surface area contributed by atoms with Crippen molar-refractivity contribution in [2.45, 2.75) is 0 Å². The van der Waals surface area contributed by atoms with Gasteiger partial charge in [0.1, 0.15) is 4.32 Å². The third-order valence-electron chi connectivity index (χ3n) is 3.08. The third-order valence-corrected chi connectivity index (χ3v) is 4.31. The molecule has 1 aromatic rings. The van der Waals surface area contributed by atoms with Gasteiger partial charge in [-0.2, -0.15) is 0 Å². The number of nitrogens with one attached hydrogen (secondary N) is 1. The zero-order chi connectivity index (χ0) is 14.3. The monoisotopic (exact) mass is 302 g/mol. The summed E-state index contributed by atoms with van der Waals surface area (Å²) in [6, 6.07) is 7.41. The molecule has 1 fully saturated rings. The van der Waals surface area contributed by atoms with E-state index in [4.69, 9.17) is 12.2 Å². The fraction of sp³-hybridized carbons (Fsp3) is 0.0714. The second-order valence-electron chi connectivity index (χ2n) is 4.27. The van der Waals surface area contributed by atoms with Gasteiger partial charge in [0, 0.05) is 12.1 Å². The van der Waals surface area contributed by atoms with Crippen LogP contribution >= 0.6 is 24.0 Å². The Labute approximate surface area is 125 Å². The van der Waals surface area contributed by atoms with Gasteiger partial charge in [0.05, 0.1) is 16.2 Å². The summed E-state index contributed by atoms with van der Waals surface area (Å²) in [5.74, 6) is -0.493. The molecule has 0 aromatic heterocycles. The van der Waals surface area contributed by atoms with E-state index < -0.39 is 0 Å². The SMILES string of the molecule is C=CCN1C(=O)/C(=C2/SC(=S)NC2=O)c2ccccc21. The van der Waals surface area contributed by atoms with Gasteiger partial charge in [-0.3, -0.25) is 9.59 Å². The predicted molar refractivity (Wildman–Crippen MR) is 84.2 cm³/mol. The first-order valence-electron chi connectivity index (χ1n) is 5.93. The molecule has 0 bridgehead atoms. The van der Waals surface area contributed by atoms with Crippen LogP contribution in [-0.4, -0.2) is 22.7 Å². The Hall–Kier alpha value is -1.92. The van der Waals surface area contributed by atoms with Crippen LogP contribution in [0.4, 0.5) is 5.69 Å². The van der Waals surface area contributed by atoms with Gasteiger partial charge in [0.2, 0.25) is 0 Å². The Morgan fingerprint density at radius 1 is 1.35 bits per heavy atom. The summed E-state index contributed by atoms with van der Waals surface area (Å²) in [6.07, 6.45) is 1.66. The number of thiocarbonyl (C=S) groups is 1. The zero-order valence-electron chi connectivity index (χ0n) is 10.4. The van der Waals surface area contributed by atoms with Crippen molar-refractivity contribution >= 4 is 51.4 Å². The number of hydrogen-bond acceptors (Lipinski definition) is 4. The molecule has 0 saturated carbocycles. The van der Waals surface area contributed by atoms with E-state index >= 15 is 0 Å². The standard InChI is InChI=1S/C14H10N2O2S2/c1-2-7-16-9-6-4-3-5-8(9)10(13(16)18)11-12(17)15-14(19)20-11/h2-6H,1,7H2,(H,15,17,19)/b11-10+. The van der Waals surface area contributed by atoms with Crippen LogP contribution in [0.15, 0.2) is 41.8 Å². The molecule has 2 amide bonds. The van der Waals surface area contributed by atoms with E-state index in [-0.39, 0.29) is 11.8 Å². The van der Waals surface area contributed by atoms with Crippen molar-refractivity contribution in [2.24, 2.45) is 0 Å². The summed E-state index contributed by atoms with van der Waals surface area (Å²) in [4.78, 5) is 26.5. The summed E-state index contributed by atoms with van der Waals surface area (Å²) in [6.45, 7) is 4.07. The fourth-order valence-corrected chi connectivity index (χ4v) is 3.40. The number of thioether (sulfide) groups is 1. The zero-order valence-corrected chi connectivity index (χ0v) is 12.0. The molecule has 1 aromatic carbocycles. The molecule has 2 aliphatic rings. The summed E-state index contributed by atoms with van der Waals surface area (Å²) >= 11 is 6.12. The van der Waals surface area contributed by atoms with Crippen molar-refractivity contribution in [1.82, 2.24) is 5.32 Å². The number of anilines is 1. The lowest BCUT2D eigenvalue weighted by Gasteiger charge is -2.13. The first-order valence-corrected chi connectivity index (χ1v) is 7.15. The van der Waals surface area contributed by atoms with E-state index in [0.29, 0.717) is 21.3 Å². The molecule has 4 nitrogen and oxygen atoms in total. The highest BCUT2D eigenvalue weighted by Crippen LogP contribution is 2.42. The Morgan fingerprint density at radius 3 is 2.75 bits per heavy atom. The van der Waals surface area contributed by atoms with Gasteiger partial charge in [-0.25, -0.2) is 0 Å². The van der Waals surface area contributed by atoms with Crippen LogP contribution in [-0.2, 0) is 9.59 Å². The number of para-hydroxylation sites is 1. The lowest BCUT2D eigenvalue weighted by molar-refractivity contribution is -0.116. The molecule has 2 aliphatic heterocycles. The Bertz CT molecular complexity index is 694. The summed E-state index contributed by atoms with van der Waals surface area (Å²) in [5, 5.41) is 2.55. The van der Waals surface area contributed by atoms with Crippen molar-refractivity contribution in [2.75, 3.05) is 11.4 Å². The van der Waals surface area contributed by atoms with Crippen LogP contribution in [0, 0.1) is 0 Å². The Kier molecular flexibility index (Phi) is 3.19. The molecule has 0 radical (unpaired) electrons. The quantitative estimate of drug-likeness (QED) is 0.516. The molecule has 20 heavy (non-hydrogen) atoms. The topological polar surface area (TPSA) is 49.4 Å². The van der Waals surface area contributed by atoms with Crippen molar-refractivity contribution in [1.29, 1.82) is 0 Å². The number of benzene rings is 1. The maximum absolute atomic E-state index is 12.6. The van der Waals surface area contributed by atoms with Crippen LogP contribution in [0.2, 0.25) is 0 Å². The van der Waals surface area contributed by atoms with Crippen molar-refractivity contribution in [3.05, 3.63) is 47.4 Å². The highest BCUT2D eigenvalue weighted by Gasteiger charge is 2.38. The fourth-order valence-electron chi connectivity index (χ4n) is 2.29. The smallest absolute Gasteiger partial charge is 0.264 e. The molecular weight excluding hydrogens is 292 g/mol. The van der Waals surface area contributed by atoms with Crippen molar-refractivity contribution in [3.63, 3.8) is 0 Å². The molecule has 6 heteroatoms. The number of amides is 2. The van der Waals surface area contributed by atoms with E-state index in [1.54, 1.807) is 11.0 Å². The minimum atomic E-state index is -0.307. The molecule has 2 heterocycles. The molecular formula is C14H10N2O2S2. The van der Waals surface area contributed by atoms with E-state index in [9.17, 15) is 9.59 Å². The van der Waals surface area contributed by atoms with Gasteiger partial charge in [0.15, 0.2) is 0 Å². The van der Waals surface area contributed by atoms with Gasteiger partial charge >= 0.3 is 0 Å². The molecule has 0 spiro atoms. The largest absolute Gasteiger partial charge is 0.307 e. The minimum Gasteiger partial charge on any atom is -0.307 e. The lowest BCUT2D eigenvalue weighted by Crippen LogP contribution is -2.27. The number of nitrogens with zero attached hydrogens (tertiary/aromatic N) is 1. The molecule has 1 saturated heterocycles. The molecule has 1 N–H and O–H groups in total. The van der Waals surface area contributed by atoms with Crippen molar-refractivity contribution in [3.8, 4) is 0 Å². The minimum absolute atomic E-state index is 0.187. The molecule has 0 atom stereocenters. The third kappa shape index (κ3) is 1.88. The number of rotatable bonds is 2. The van der Waals surface area contributed by atoms with E-state index in [0.717, 1.165) is 23.0 Å². The van der Waals surface area contributed by atoms with Crippen LogP contribution in [0.1, 0.15) is 5.56 Å². The average molecular weight is 302 g/mol. The van der Waals surface area contributed by atoms with Gasteiger partial charge in [-0.15, -0.1) is 6.58 Å². The number of carbonyl (C=O) groups excluding carboxylic acids is 2. The molecule has 0 aliphatic carbocycles. The highest BCUT2D eigenvalue weighted by molar-refractivity contribution is 8.27. The van der Waals surface area contributed by atoms with E-state index in [1.807, 2.05) is 24.3 Å². The van der Waals surface area contributed by atoms with Gasteiger partial charge < -0.3 is 10.2 Å². The first-order chi connectivity index (χ1) is 9.63. The van der Waals surface area contributed by atoms with Gasteiger partial charge in [-0.05, 0) is 6.07 Å². The predicted octanol–water partition coefficient (Wildman–Crippen LogP) is 2.08. The van der Waals surface area contributed by atoms with Crippen molar-refractivity contribution < 1.29 is 9.59 Å². The van der Waals surface area contributed by atoms with Crippen LogP contribution in [0.25, 0.3) is 5.57 Å². The normalized spacial score (nSPS) is 21.2. The second kappa shape index (κ2) is 4.88. The number of carbonyl (C=O) groups is 2. The average Bonchev–Trinajstić information content (AvgIpc) is 2.88. The van der Waals surface area contributed by atoms with Crippen LogP contribution < -0.4 is 10.2 Å². The number of fused-ring (bicyclic) bond motifs is 1. The molecule has 100 valence electrons. The van der Waals surface area contributed by atoms with E-state index in [1.165, 1.54) is 0 Å². The number of hydrogen-bond donors (Lipinski definition) is 1.